The third kappa shape index (κ3) is 2.97. The molecule has 3 aromatic rings. The molecule has 6 heteroatoms. The van der Waals surface area contributed by atoms with Crippen molar-refractivity contribution >= 4 is 20.9 Å². The molecule has 0 aliphatic carbocycles. The maximum Gasteiger partial charge on any atom is 0.154 e. The van der Waals surface area contributed by atoms with Crippen LogP contribution in [0.25, 0.3) is 22.2 Å². The number of aromatic amines is 1. The second-order valence-corrected chi connectivity index (χ2v) is 9.97. The predicted octanol–water partition coefficient (Wildman–Crippen LogP) is 3.43. The van der Waals surface area contributed by atoms with E-state index in [1.807, 2.05) is 12.4 Å². The number of sulfone groups is 1. The number of nitrogens with zero attached hydrogens (tertiary/aromatic N) is 1. The standard InChI is InChI=1S/C21H23N3O2S/c1-13-10-23-21-17(13)9-16(11-24-21)15-7-14-4-6-27(25,26)12-19(14)18(8-15)20-3-2-5-22-20/h7-11,20,22H,2-6,12H2,1H3,(H,23,24). The summed E-state index contributed by atoms with van der Waals surface area (Å²) in [6.07, 6.45) is 6.68. The predicted molar refractivity (Wildman–Crippen MR) is 107 cm³/mol. The summed E-state index contributed by atoms with van der Waals surface area (Å²) in [6.45, 7) is 3.07. The normalized spacial score (nSPS) is 21.4. The van der Waals surface area contributed by atoms with E-state index in [0.717, 1.165) is 52.7 Å². The number of hydrogen-bond donors (Lipinski definition) is 2. The molecule has 2 aromatic heterocycles. The largest absolute Gasteiger partial charge is 0.346 e. The maximum absolute atomic E-state index is 12.3. The van der Waals surface area contributed by atoms with E-state index < -0.39 is 9.84 Å². The van der Waals surface area contributed by atoms with Crippen LogP contribution < -0.4 is 5.32 Å². The molecule has 0 spiro atoms. The highest BCUT2D eigenvalue weighted by Crippen LogP contribution is 2.36. The lowest BCUT2D eigenvalue weighted by molar-refractivity contribution is 0.588. The van der Waals surface area contributed by atoms with Crippen molar-refractivity contribution in [1.82, 2.24) is 15.3 Å². The third-order valence-electron chi connectivity index (χ3n) is 5.93. The van der Waals surface area contributed by atoms with Gasteiger partial charge in [-0.1, -0.05) is 6.07 Å². The van der Waals surface area contributed by atoms with E-state index in [1.54, 1.807) is 0 Å². The fourth-order valence-electron chi connectivity index (χ4n) is 4.43. The molecule has 1 fully saturated rings. The quantitative estimate of drug-likeness (QED) is 0.713. The number of hydrogen-bond acceptors (Lipinski definition) is 4. The van der Waals surface area contributed by atoms with E-state index in [4.69, 9.17) is 0 Å². The van der Waals surface area contributed by atoms with Gasteiger partial charge in [0.1, 0.15) is 5.65 Å². The van der Waals surface area contributed by atoms with Crippen molar-refractivity contribution < 1.29 is 8.42 Å². The number of H-pyrrole nitrogens is 1. The first-order valence-electron chi connectivity index (χ1n) is 9.54. The Morgan fingerprint density at radius 3 is 2.89 bits per heavy atom. The van der Waals surface area contributed by atoms with Crippen LogP contribution in [-0.2, 0) is 22.0 Å². The van der Waals surface area contributed by atoms with Crippen molar-refractivity contribution in [3.05, 3.63) is 52.8 Å². The van der Waals surface area contributed by atoms with E-state index >= 15 is 0 Å². The van der Waals surface area contributed by atoms with Gasteiger partial charge in [-0.2, -0.15) is 0 Å². The molecule has 0 saturated carbocycles. The van der Waals surface area contributed by atoms with E-state index in [-0.39, 0.29) is 17.5 Å². The summed E-state index contributed by atoms with van der Waals surface area (Å²) in [4.78, 5) is 7.77. The number of benzene rings is 1. The molecule has 1 unspecified atom stereocenters. The molecule has 2 aliphatic rings. The molecule has 1 aromatic carbocycles. The van der Waals surface area contributed by atoms with Crippen molar-refractivity contribution in [3.63, 3.8) is 0 Å². The molecule has 4 heterocycles. The molecule has 0 radical (unpaired) electrons. The second kappa shape index (κ2) is 6.17. The monoisotopic (exact) mass is 381 g/mol. The molecule has 27 heavy (non-hydrogen) atoms. The minimum Gasteiger partial charge on any atom is -0.346 e. The summed E-state index contributed by atoms with van der Waals surface area (Å²) in [5.74, 6) is 0.416. The lowest BCUT2D eigenvalue weighted by Gasteiger charge is -2.24. The van der Waals surface area contributed by atoms with Gasteiger partial charge in [0.15, 0.2) is 9.84 Å². The van der Waals surface area contributed by atoms with Crippen molar-refractivity contribution in [3.8, 4) is 11.1 Å². The number of nitrogens with one attached hydrogen (secondary N) is 2. The summed E-state index contributed by atoms with van der Waals surface area (Å²) in [6, 6.07) is 6.79. The van der Waals surface area contributed by atoms with Gasteiger partial charge >= 0.3 is 0 Å². The molecule has 2 aliphatic heterocycles. The Morgan fingerprint density at radius 1 is 1.19 bits per heavy atom. The number of pyridine rings is 1. The van der Waals surface area contributed by atoms with Crippen LogP contribution in [0.3, 0.4) is 0 Å². The Labute approximate surface area is 159 Å². The average Bonchev–Trinajstić information content (AvgIpc) is 3.30. The third-order valence-corrected chi connectivity index (χ3v) is 7.49. The highest BCUT2D eigenvalue weighted by atomic mass is 32.2. The molecule has 0 bridgehead atoms. The average molecular weight is 382 g/mol. The molecular weight excluding hydrogens is 358 g/mol. The molecule has 2 N–H and O–H groups in total. The van der Waals surface area contributed by atoms with Crippen molar-refractivity contribution in [1.29, 1.82) is 0 Å². The van der Waals surface area contributed by atoms with E-state index in [0.29, 0.717) is 6.42 Å². The first kappa shape index (κ1) is 17.0. The van der Waals surface area contributed by atoms with Gasteiger partial charge in [-0.25, -0.2) is 13.4 Å². The fraction of sp³-hybridized carbons (Fsp3) is 0.381. The summed E-state index contributed by atoms with van der Waals surface area (Å²) < 4.78 is 24.5. The minimum absolute atomic E-state index is 0.171. The van der Waals surface area contributed by atoms with Crippen molar-refractivity contribution in [2.75, 3.05) is 12.3 Å². The van der Waals surface area contributed by atoms with Gasteiger partial charge in [0.05, 0.1) is 11.5 Å². The highest BCUT2D eigenvalue weighted by Gasteiger charge is 2.28. The zero-order valence-electron chi connectivity index (χ0n) is 15.4. The molecule has 5 rings (SSSR count). The number of rotatable bonds is 2. The highest BCUT2D eigenvalue weighted by molar-refractivity contribution is 7.90. The smallest absolute Gasteiger partial charge is 0.154 e. The van der Waals surface area contributed by atoms with Gasteiger partial charge in [-0.15, -0.1) is 0 Å². The van der Waals surface area contributed by atoms with Gasteiger partial charge in [0.25, 0.3) is 0 Å². The molecule has 5 nitrogen and oxygen atoms in total. The molecule has 140 valence electrons. The summed E-state index contributed by atoms with van der Waals surface area (Å²) in [7, 11) is -3.00. The summed E-state index contributed by atoms with van der Waals surface area (Å²) in [5, 5.41) is 4.68. The van der Waals surface area contributed by atoms with Gasteiger partial charge in [0, 0.05) is 29.4 Å². The van der Waals surface area contributed by atoms with Crippen molar-refractivity contribution in [2.24, 2.45) is 0 Å². The first-order valence-corrected chi connectivity index (χ1v) is 11.4. The van der Waals surface area contributed by atoms with Gasteiger partial charge < -0.3 is 10.3 Å². The molecular formula is C21H23N3O2S. The zero-order valence-corrected chi connectivity index (χ0v) is 16.2. The zero-order chi connectivity index (χ0) is 18.6. The minimum atomic E-state index is -3.00. The van der Waals surface area contributed by atoms with Gasteiger partial charge in [0.2, 0.25) is 0 Å². The number of aromatic nitrogens is 2. The maximum atomic E-state index is 12.3. The van der Waals surface area contributed by atoms with Crippen molar-refractivity contribution in [2.45, 2.75) is 38.0 Å². The van der Waals surface area contributed by atoms with E-state index in [1.165, 1.54) is 11.1 Å². The number of aryl methyl sites for hydroxylation is 2. The molecule has 0 amide bonds. The Kier molecular flexibility index (Phi) is 3.88. The van der Waals surface area contributed by atoms with Crippen LogP contribution in [-0.4, -0.2) is 30.7 Å². The SMILES string of the molecule is Cc1c[nH]c2ncc(-c3cc4c(c(C5CCCN5)c3)CS(=O)(=O)CC4)cc12. The topological polar surface area (TPSA) is 74.8 Å². The Bertz CT molecular complexity index is 1140. The van der Waals surface area contributed by atoms with Crippen LogP contribution >= 0.6 is 0 Å². The van der Waals surface area contributed by atoms with E-state index in [2.05, 4.69) is 40.4 Å². The Hall–Kier alpha value is -2.18. The second-order valence-electron chi connectivity index (χ2n) is 7.79. The van der Waals surface area contributed by atoms with Crippen LogP contribution in [0.5, 0.6) is 0 Å². The van der Waals surface area contributed by atoms with Crippen LogP contribution in [0.1, 0.15) is 41.1 Å². The Morgan fingerprint density at radius 2 is 2.07 bits per heavy atom. The summed E-state index contributed by atoms with van der Waals surface area (Å²) in [5.41, 5.74) is 7.66. The first-order chi connectivity index (χ1) is 13.0. The number of fused-ring (bicyclic) bond motifs is 2. The van der Waals surface area contributed by atoms with Crippen LogP contribution in [0.4, 0.5) is 0 Å². The van der Waals surface area contributed by atoms with Crippen LogP contribution in [0, 0.1) is 6.92 Å². The fourth-order valence-corrected chi connectivity index (χ4v) is 5.90. The molecule has 1 saturated heterocycles. The van der Waals surface area contributed by atoms with Gasteiger partial charge in [-0.05, 0) is 72.7 Å². The summed E-state index contributed by atoms with van der Waals surface area (Å²) >= 11 is 0. The molecule has 1 atom stereocenters. The van der Waals surface area contributed by atoms with Crippen LogP contribution in [0.15, 0.2) is 30.6 Å². The Balaban J connectivity index is 1.68. The van der Waals surface area contributed by atoms with Gasteiger partial charge in [-0.3, -0.25) is 0 Å². The lowest BCUT2D eigenvalue weighted by Crippen LogP contribution is -2.23. The van der Waals surface area contributed by atoms with E-state index in [9.17, 15) is 8.42 Å². The lowest BCUT2D eigenvalue weighted by atomic mass is 9.90. The van der Waals surface area contributed by atoms with Crippen LogP contribution in [0.2, 0.25) is 0 Å².